The Kier molecular flexibility index (Phi) is 3.49. The Labute approximate surface area is 113 Å². The van der Waals surface area contributed by atoms with Crippen molar-refractivity contribution in [3.05, 3.63) is 46.1 Å². The first-order valence-corrected chi connectivity index (χ1v) is 5.99. The molecule has 1 aromatic carbocycles. The highest BCUT2D eigenvalue weighted by Gasteiger charge is 2.10. The fourth-order valence-electron chi connectivity index (χ4n) is 1.41. The molecule has 0 unspecified atom stereocenters. The summed E-state index contributed by atoms with van der Waals surface area (Å²) in [6, 6.07) is 8.81. The molecular weight excluding hydrogens is 294 g/mol. The first-order chi connectivity index (χ1) is 8.61. The molecule has 0 aliphatic carbocycles. The fraction of sp³-hybridized carbons (Fsp3) is 0.0769. The molecule has 2 N–H and O–H groups in total. The molecule has 1 aromatic heterocycles. The van der Waals surface area contributed by atoms with E-state index in [1.165, 1.54) is 0 Å². The summed E-state index contributed by atoms with van der Waals surface area (Å²) in [5, 5.41) is 9.03. The number of nitrogens with zero attached hydrogens (tertiary/aromatic N) is 2. The van der Waals surface area contributed by atoms with Gasteiger partial charge in [-0.15, -0.1) is 0 Å². The standard InChI is InChI=1S/C13H10BrN3O/c1-8-4-5-17-13(12(8)14)18-11-3-2-10(16)6-9(11)7-15/h2-6H,16H2,1H3. The second kappa shape index (κ2) is 5.07. The van der Waals surface area contributed by atoms with Gasteiger partial charge in [-0.05, 0) is 52.7 Å². The molecule has 18 heavy (non-hydrogen) atoms. The van der Waals surface area contributed by atoms with E-state index < -0.39 is 0 Å². The molecule has 0 fully saturated rings. The van der Waals surface area contributed by atoms with E-state index in [9.17, 15) is 0 Å². The highest BCUT2D eigenvalue weighted by Crippen LogP contribution is 2.31. The van der Waals surface area contributed by atoms with Crippen LogP contribution in [0.4, 0.5) is 5.69 Å². The van der Waals surface area contributed by atoms with Crippen LogP contribution >= 0.6 is 15.9 Å². The molecule has 0 saturated heterocycles. The number of rotatable bonds is 2. The zero-order chi connectivity index (χ0) is 13.1. The van der Waals surface area contributed by atoms with Crippen molar-refractivity contribution < 1.29 is 4.74 Å². The molecule has 0 bridgehead atoms. The Morgan fingerprint density at radius 3 is 2.89 bits per heavy atom. The summed E-state index contributed by atoms with van der Waals surface area (Å²) in [6.07, 6.45) is 1.65. The van der Waals surface area contributed by atoms with E-state index in [1.54, 1.807) is 24.4 Å². The number of benzene rings is 1. The summed E-state index contributed by atoms with van der Waals surface area (Å²) in [4.78, 5) is 4.12. The number of nitrogens with two attached hydrogens (primary N) is 1. The van der Waals surface area contributed by atoms with E-state index in [2.05, 4.69) is 20.9 Å². The summed E-state index contributed by atoms with van der Waals surface area (Å²) < 4.78 is 6.40. The van der Waals surface area contributed by atoms with Crippen molar-refractivity contribution in [2.24, 2.45) is 0 Å². The van der Waals surface area contributed by atoms with Crippen molar-refractivity contribution in [1.82, 2.24) is 4.98 Å². The molecule has 2 rings (SSSR count). The normalized spacial score (nSPS) is 9.83. The van der Waals surface area contributed by atoms with Crippen LogP contribution in [0.2, 0.25) is 0 Å². The number of anilines is 1. The highest BCUT2D eigenvalue weighted by atomic mass is 79.9. The van der Waals surface area contributed by atoms with Crippen molar-refractivity contribution in [3.8, 4) is 17.7 Å². The minimum absolute atomic E-state index is 0.380. The van der Waals surface area contributed by atoms with Gasteiger partial charge in [0.15, 0.2) is 0 Å². The van der Waals surface area contributed by atoms with Crippen molar-refractivity contribution in [2.45, 2.75) is 6.92 Å². The van der Waals surface area contributed by atoms with Gasteiger partial charge in [-0.3, -0.25) is 0 Å². The van der Waals surface area contributed by atoms with Gasteiger partial charge in [-0.1, -0.05) is 0 Å². The maximum absolute atomic E-state index is 9.03. The van der Waals surface area contributed by atoms with Crippen LogP contribution in [0.25, 0.3) is 0 Å². The van der Waals surface area contributed by atoms with Crippen LogP contribution in [0.5, 0.6) is 11.6 Å². The number of ether oxygens (including phenoxy) is 1. The van der Waals surface area contributed by atoms with Gasteiger partial charge in [0, 0.05) is 11.9 Å². The average molecular weight is 304 g/mol. The summed E-state index contributed by atoms with van der Waals surface area (Å²) >= 11 is 3.40. The molecule has 1 heterocycles. The first kappa shape index (κ1) is 12.4. The lowest BCUT2D eigenvalue weighted by atomic mass is 10.2. The highest BCUT2D eigenvalue weighted by molar-refractivity contribution is 9.10. The Morgan fingerprint density at radius 1 is 1.39 bits per heavy atom. The van der Waals surface area contributed by atoms with Crippen LogP contribution in [0, 0.1) is 18.3 Å². The predicted molar refractivity (Wildman–Crippen MR) is 72.3 cm³/mol. The van der Waals surface area contributed by atoms with Gasteiger partial charge in [-0.25, -0.2) is 4.98 Å². The number of nitrogen functional groups attached to an aromatic ring is 1. The first-order valence-electron chi connectivity index (χ1n) is 5.20. The molecule has 0 saturated carbocycles. The predicted octanol–water partition coefficient (Wildman–Crippen LogP) is 3.40. The quantitative estimate of drug-likeness (QED) is 0.863. The van der Waals surface area contributed by atoms with E-state index in [1.807, 2.05) is 19.1 Å². The van der Waals surface area contributed by atoms with E-state index in [0.717, 1.165) is 10.0 Å². The van der Waals surface area contributed by atoms with E-state index in [-0.39, 0.29) is 0 Å². The monoisotopic (exact) mass is 303 g/mol. The van der Waals surface area contributed by atoms with Crippen LogP contribution in [0.1, 0.15) is 11.1 Å². The van der Waals surface area contributed by atoms with Crippen LogP contribution in [0.3, 0.4) is 0 Å². The fourth-order valence-corrected chi connectivity index (χ4v) is 1.73. The third kappa shape index (κ3) is 2.44. The minimum Gasteiger partial charge on any atom is -0.436 e. The zero-order valence-corrected chi connectivity index (χ0v) is 11.2. The number of nitriles is 1. The molecular formula is C13H10BrN3O. The minimum atomic E-state index is 0.380. The molecule has 0 aliphatic rings. The van der Waals surface area contributed by atoms with Gasteiger partial charge >= 0.3 is 0 Å². The summed E-state index contributed by atoms with van der Waals surface area (Å²) in [5.74, 6) is 0.863. The number of pyridine rings is 1. The van der Waals surface area contributed by atoms with E-state index in [4.69, 9.17) is 15.7 Å². The van der Waals surface area contributed by atoms with Gasteiger partial charge < -0.3 is 10.5 Å². The molecule has 5 heteroatoms. The number of hydrogen-bond donors (Lipinski definition) is 1. The van der Waals surface area contributed by atoms with Gasteiger partial charge in [0.05, 0.1) is 10.0 Å². The second-order valence-corrected chi connectivity index (χ2v) is 4.51. The van der Waals surface area contributed by atoms with Crippen molar-refractivity contribution >= 4 is 21.6 Å². The second-order valence-electron chi connectivity index (χ2n) is 3.72. The summed E-state index contributed by atoms with van der Waals surface area (Å²) in [6.45, 7) is 1.94. The SMILES string of the molecule is Cc1ccnc(Oc2ccc(N)cc2C#N)c1Br. The lowest BCUT2D eigenvalue weighted by Crippen LogP contribution is -1.94. The van der Waals surface area contributed by atoms with Crippen molar-refractivity contribution in [3.63, 3.8) is 0 Å². The Balaban J connectivity index is 2.41. The largest absolute Gasteiger partial charge is 0.436 e. The van der Waals surface area contributed by atoms with Gasteiger partial charge in [-0.2, -0.15) is 5.26 Å². The zero-order valence-electron chi connectivity index (χ0n) is 9.64. The third-order valence-corrected chi connectivity index (χ3v) is 3.35. The molecule has 0 atom stereocenters. The molecule has 90 valence electrons. The Hall–Kier alpha value is -2.06. The van der Waals surface area contributed by atoms with E-state index >= 15 is 0 Å². The number of aryl methyl sites for hydroxylation is 1. The molecule has 0 spiro atoms. The topological polar surface area (TPSA) is 71.9 Å². The lowest BCUT2D eigenvalue weighted by Gasteiger charge is -2.09. The number of aromatic nitrogens is 1. The molecule has 0 amide bonds. The van der Waals surface area contributed by atoms with Gasteiger partial charge in [0.25, 0.3) is 0 Å². The summed E-state index contributed by atoms with van der Waals surface area (Å²) in [5.41, 5.74) is 7.53. The smallest absolute Gasteiger partial charge is 0.233 e. The van der Waals surface area contributed by atoms with Gasteiger partial charge in [0.1, 0.15) is 11.8 Å². The van der Waals surface area contributed by atoms with Crippen LogP contribution < -0.4 is 10.5 Å². The molecule has 0 radical (unpaired) electrons. The van der Waals surface area contributed by atoms with Crippen LogP contribution in [-0.2, 0) is 0 Å². The lowest BCUT2D eigenvalue weighted by molar-refractivity contribution is 0.458. The average Bonchev–Trinajstić information content (AvgIpc) is 2.37. The number of hydrogen-bond acceptors (Lipinski definition) is 4. The van der Waals surface area contributed by atoms with Gasteiger partial charge in [0.2, 0.25) is 5.88 Å². The van der Waals surface area contributed by atoms with Crippen LogP contribution in [0.15, 0.2) is 34.9 Å². The molecule has 2 aromatic rings. The van der Waals surface area contributed by atoms with Crippen molar-refractivity contribution in [1.29, 1.82) is 5.26 Å². The Bertz CT molecular complexity index is 635. The maximum atomic E-state index is 9.03. The third-order valence-electron chi connectivity index (χ3n) is 2.38. The van der Waals surface area contributed by atoms with E-state index in [0.29, 0.717) is 22.9 Å². The molecule has 4 nitrogen and oxygen atoms in total. The maximum Gasteiger partial charge on any atom is 0.233 e. The molecule has 0 aliphatic heterocycles. The summed E-state index contributed by atoms with van der Waals surface area (Å²) in [7, 11) is 0. The Morgan fingerprint density at radius 2 is 2.17 bits per heavy atom. The van der Waals surface area contributed by atoms with Crippen molar-refractivity contribution in [2.75, 3.05) is 5.73 Å². The number of halogens is 1. The van der Waals surface area contributed by atoms with Crippen LogP contribution in [-0.4, -0.2) is 4.98 Å².